The van der Waals surface area contributed by atoms with E-state index in [-0.39, 0.29) is 17.7 Å². The first-order valence-electron chi connectivity index (χ1n) is 12.6. The van der Waals surface area contributed by atoms with Gasteiger partial charge in [-0.25, -0.2) is 13.2 Å². The molecule has 4 rings (SSSR count). The zero-order valence-electron chi connectivity index (χ0n) is 20.5. The van der Waals surface area contributed by atoms with E-state index in [0.717, 1.165) is 56.4 Å². The minimum atomic E-state index is -0.833. The van der Waals surface area contributed by atoms with Crippen LogP contribution in [0.1, 0.15) is 75.0 Å². The molecule has 186 valence electrons. The summed E-state index contributed by atoms with van der Waals surface area (Å²) in [5, 5.41) is 0. The molecule has 2 nitrogen and oxygen atoms in total. The second-order valence-corrected chi connectivity index (χ2v) is 9.56. The average Bonchev–Trinajstić information content (AvgIpc) is 2.85. The zero-order valence-corrected chi connectivity index (χ0v) is 20.5. The van der Waals surface area contributed by atoms with Crippen LogP contribution >= 0.6 is 0 Å². The number of hydrogen-bond donors (Lipinski definition) is 0. The third-order valence-electron chi connectivity index (χ3n) is 7.33. The lowest BCUT2D eigenvalue weighted by molar-refractivity contribution is -0.00956. The fourth-order valence-electron chi connectivity index (χ4n) is 5.56. The maximum Gasteiger partial charge on any atom is 0.191 e. The topological polar surface area (TPSA) is 18.5 Å². The van der Waals surface area contributed by atoms with Crippen molar-refractivity contribution in [3.8, 4) is 17.6 Å². The van der Waals surface area contributed by atoms with Gasteiger partial charge in [0.1, 0.15) is 12.4 Å². The van der Waals surface area contributed by atoms with Crippen LogP contribution in [-0.2, 0) is 4.74 Å². The van der Waals surface area contributed by atoms with E-state index in [1.54, 1.807) is 31.2 Å². The summed E-state index contributed by atoms with van der Waals surface area (Å²) in [6.45, 7) is 4.70. The molecule has 0 heterocycles. The molecule has 2 saturated carbocycles. The fraction of sp³-hybridized carbons (Fsp3) is 0.467. The minimum Gasteiger partial charge on any atom is -0.483 e. The summed E-state index contributed by atoms with van der Waals surface area (Å²) >= 11 is 0. The maximum absolute atomic E-state index is 14.9. The summed E-state index contributed by atoms with van der Waals surface area (Å²) in [5.41, 5.74) is 1.36. The van der Waals surface area contributed by atoms with E-state index in [1.165, 1.54) is 6.42 Å². The van der Waals surface area contributed by atoms with Crippen molar-refractivity contribution in [3.63, 3.8) is 0 Å². The molecule has 0 aromatic heterocycles. The highest BCUT2D eigenvalue weighted by atomic mass is 19.1. The molecule has 0 spiro atoms. The van der Waals surface area contributed by atoms with Gasteiger partial charge < -0.3 is 9.47 Å². The molecule has 2 aliphatic carbocycles. The van der Waals surface area contributed by atoms with Crippen LogP contribution in [0, 0.1) is 41.1 Å². The van der Waals surface area contributed by atoms with Crippen molar-refractivity contribution >= 4 is 0 Å². The molecule has 2 aliphatic rings. The summed E-state index contributed by atoms with van der Waals surface area (Å²) < 4.78 is 54.3. The second kappa shape index (κ2) is 11.8. The van der Waals surface area contributed by atoms with Crippen LogP contribution < -0.4 is 4.74 Å². The molecule has 0 aliphatic heterocycles. The second-order valence-electron chi connectivity index (χ2n) is 9.56. The van der Waals surface area contributed by atoms with E-state index in [9.17, 15) is 13.2 Å². The fourth-order valence-corrected chi connectivity index (χ4v) is 5.56. The van der Waals surface area contributed by atoms with Gasteiger partial charge in [0.25, 0.3) is 0 Å². The first-order chi connectivity index (χ1) is 17.0. The van der Waals surface area contributed by atoms with Gasteiger partial charge >= 0.3 is 0 Å². The van der Waals surface area contributed by atoms with Gasteiger partial charge in [0.05, 0.1) is 11.7 Å². The molecule has 2 aromatic rings. The van der Waals surface area contributed by atoms with E-state index in [4.69, 9.17) is 9.47 Å². The van der Waals surface area contributed by atoms with Crippen molar-refractivity contribution in [1.29, 1.82) is 0 Å². The Hall–Kier alpha value is -2.71. The Kier molecular flexibility index (Phi) is 8.57. The third-order valence-corrected chi connectivity index (χ3v) is 7.33. The van der Waals surface area contributed by atoms with E-state index in [0.29, 0.717) is 23.9 Å². The van der Waals surface area contributed by atoms with Crippen LogP contribution in [-0.4, -0.2) is 19.3 Å². The Morgan fingerprint density at radius 3 is 2.37 bits per heavy atom. The zero-order chi connectivity index (χ0) is 24.8. The van der Waals surface area contributed by atoms with Crippen molar-refractivity contribution in [2.24, 2.45) is 11.8 Å². The lowest BCUT2D eigenvalue weighted by Gasteiger charge is -2.42. The average molecular weight is 483 g/mol. The molecular weight excluding hydrogens is 449 g/mol. The molecular formula is C30H33F3O2. The highest BCUT2D eigenvalue weighted by Crippen LogP contribution is 2.46. The molecule has 5 heteroatoms. The summed E-state index contributed by atoms with van der Waals surface area (Å²) in [4.78, 5) is 0. The molecule has 2 fully saturated rings. The van der Waals surface area contributed by atoms with Gasteiger partial charge in [0.15, 0.2) is 17.4 Å². The summed E-state index contributed by atoms with van der Waals surface area (Å²) in [6, 6.07) is 7.42. The molecule has 4 atom stereocenters. The maximum atomic E-state index is 14.9. The Balaban J connectivity index is 1.42. The monoisotopic (exact) mass is 482 g/mol. The Morgan fingerprint density at radius 2 is 1.66 bits per heavy atom. The molecule has 0 radical (unpaired) electrons. The number of ether oxygens (including phenoxy) is 2. The largest absolute Gasteiger partial charge is 0.483 e. The van der Waals surface area contributed by atoms with Crippen molar-refractivity contribution in [3.05, 3.63) is 76.6 Å². The first kappa shape index (κ1) is 25.4. The molecule has 0 amide bonds. The summed E-state index contributed by atoms with van der Waals surface area (Å²) in [5.74, 6) is 4.65. The van der Waals surface area contributed by atoms with Crippen LogP contribution in [0.25, 0.3) is 0 Å². The molecule has 0 N–H and O–H groups in total. The highest BCUT2D eigenvalue weighted by molar-refractivity contribution is 5.46. The van der Waals surface area contributed by atoms with Crippen LogP contribution in [0.5, 0.6) is 5.75 Å². The van der Waals surface area contributed by atoms with Crippen molar-refractivity contribution in [1.82, 2.24) is 0 Å². The van der Waals surface area contributed by atoms with E-state index < -0.39 is 23.2 Å². The lowest BCUT2D eigenvalue weighted by atomic mass is 9.65. The third kappa shape index (κ3) is 6.30. The van der Waals surface area contributed by atoms with Gasteiger partial charge in [-0.05, 0) is 100.0 Å². The van der Waals surface area contributed by atoms with E-state index >= 15 is 0 Å². The molecule has 35 heavy (non-hydrogen) atoms. The molecule has 0 bridgehead atoms. The molecule has 2 aromatic carbocycles. The van der Waals surface area contributed by atoms with Gasteiger partial charge in [0.2, 0.25) is 0 Å². The first-order valence-corrected chi connectivity index (χ1v) is 12.6. The minimum absolute atomic E-state index is 0.0725. The molecule has 4 unspecified atom stereocenters. The lowest BCUT2D eigenvalue weighted by Crippen LogP contribution is -2.33. The van der Waals surface area contributed by atoms with E-state index in [1.807, 2.05) is 6.07 Å². The number of halogens is 3. The normalized spacial score (nSPS) is 24.0. The predicted octanol–water partition coefficient (Wildman–Crippen LogP) is 7.55. The Morgan fingerprint density at radius 1 is 0.914 bits per heavy atom. The number of fused-ring (bicyclic) bond motifs is 1. The van der Waals surface area contributed by atoms with Crippen LogP contribution in [0.3, 0.4) is 0 Å². The van der Waals surface area contributed by atoms with Crippen LogP contribution in [0.15, 0.2) is 42.5 Å². The standard InChI is InChI=1S/C30H33F3O2/c1-3-5-14-35-30-28(32)15-20(16-29(30)33)6-7-21-8-9-25(19-27(21)31)22-10-11-24-18-26(34-4-2)13-12-23(24)17-22/h3,5,8-9,15-16,19,22-24,26H,4,10-14,17-18H2,1-2H3/b5-3+. The SMILES string of the molecule is C/C=C/COc1c(F)cc(C#Cc2ccc(C3CCC4CC(OCC)CCC4C3)cc2F)cc1F. The van der Waals surface area contributed by atoms with Crippen LogP contribution in [0.2, 0.25) is 0 Å². The van der Waals surface area contributed by atoms with Crippen molar-refractivity contribution in [2.45, 2.75) is 64.4 Å². The van der Waals surface area contributed by atoms with E-state index in [2.05, 4.69) is 18.8 Å². The highest BCUT2D eigenvalue weighted by Gasteiger charge is 2.36. The number of benzene rings is 2. The predicted molar refractivity (Wildman–Crippen MR) is 132 cm³/mol. The van der Waals surface area contributed by atoms with Gasteiger partial charge in [-0.15, -0.1) is 0 Å². The Bertz CT molecular complexity index is 1090. The smallest absolute Gasteiger partial charge is 0.191 e. The Labute approximate surface area is 206 Å². The number of hydrogen-bond acceptors (Lipinski definition) is 2. The van der Waals surface area contributed by atoms with Crippen molar-refractivity contribution in [2.75, 3.05) is 13.2 Å². The summed E-state index contributed by atoms with van der Waals surface area (Å²) in [7, 11) is 0. The number of allylic oxidation sites excluding steroid dienone is 1. The molecule has 0 saturated heterocycles. The van der Waals surface area contributed by atoms with Crippen LogP contribution in [0.4, 0.5) is 13.2 Å². The van der Waals surface area contributed by atoms with Gasteiger partial charge in [-0.2, -0.15) is 0 Å². The van der Waals surface area contributed by atoms with Crippen molar-refractivity contribution < 1.29 is 22.6 Å². The summed E-state index contributed by atoms with van der Waals surface area (Å²) in [6.07, 6.45) is 10.6. The van der Waals surface area contributed by atoms with Gasteiger partial charge in [-0.1, -0.05) is 30.1 Å². The quantitative estimate of drug-likeness (QED) is 0.313. The number of rotatable bonds is 6. The van der Waals surface area contributed by atoms with Gasteiger partial charge in [0, 0.05) is 12.2 Å². The van der Waals surface area contributed by atoms with Gasteiger partial charge in [-0.3, -0.25) is 0 Å².